The van der Waals surface area contributed by atoms with E-state index in [-0.39, 0.29) is 10.2 Å². The predicted molar refractivity (Wildman–Crippen MR) is 46.7 cm³/mol. The van der Waals surface area contributed by atoms with Crippen LogP contribution in [0, 0.1) is 0 Å². The molecule has 0 N–H and O–H groups in total. The van der Waals surface area contributed by atoms with E-state index >= 15 is 0 Å². The highest BCUT2D eigenvalue weighted by molar-refractivity contribution is 9.10. The second-order valence-corrected chi connectivity index (χ2v) is 3.30. The van der Waals surface area contributed by atoms with Crippen molar-refractivity contribution < 1.29 is 18.0 Å². The van der Waals surface area contributed by atoms with Gasteiger partial charge in [0.1, 0.15) is 4.60 Å². The van der Waals surface area contributed by atoms with E-state index in [9.17, 15) is 18.0 Å². The zero-order valence-electron chi connectivity index (χ0n) is 6.81. The monoisotopic (exact) mass is 267 g/mol. The Balaban J connectivity index is 2.80. The first-order valence-corrected chi connectivity index (χ1v) is 4.40. The highest BCUT2D eigenvalue weighted by atomic mass is 79.9. The van der Waals surface area contributed by atoms with Gasteiger partial charge in [-0.2, -0.15) is 13.2 Å². The van der Waals surface area contributed by atoms with E-state index in [1.54, 1.807) is 0 Å². The molecule has 0 aliphatic rings. The van der Waals surface area contributed by atoms with Crippen LogP contribution in [-0.2, 0) is 11.2 Å². The Morgan fingerprint density at radius 1 is 1.50 bits per heavy atom. The van der Waals surface area contributed by atoms with E-state index < -0.39 is 18.4 Å². The molecule has 76 valence electrons. The Bertz CT molecular complexity index is 351. The highest BCUT2D eigenvalue weighted by Crippen LogP contribution is 2.21. The smallest absolute Gasteiger partial charge is 0.289 e. The second-order valence-electron chi connectivity index (χ2n) is 2.55. The van der Waals surface area contributed by atoms with Crippen LogP contribution < -0.4 is 0 Å². The summed E-state index contributed by atoms with van der Waals surface area (Å²) in [5, 5.41) is 0. The Labute approximate surface area is 86.3 Å². The lowest BCUT2D eigenvalue weighted by atomic mass is 10.1. The Morgan fingerprint density at radius 3 is 2.64 bits per heavy atom. The van der Waals surface area contributed by atoms with Gasteiger partial charge in [0.05, 0.1) is 0 Å². The minimum atomic E-state index is -4.78. The SMILES string of the molecule is O=C(Cc1cccnc1Br)C(F)(F)F. The average Bonchev–Trinajstić information content (AvgIpc) is 2.07. The average molecular weight is 268 g/mol. The van der Waals surface area contributed by atoms with Crippen LogP contribution in [0.5, 0.6) is 0 Å². The first-order valence-electron chi connectivity index (χ1n) is 3.60. The van der Waals surface area contributed by atoms with Crippen LogP contribution in [0.4, 0.5) is 13.2 Å². The second kappa shape index (κ2) is 4.08. The Morgan fingerprint density at radius 2 is 2.14 bits per heavy atom. The largest absolute Gasteiger partial charge is 0.450 e. The molecule has 0 spiro atoms. The number of rotatable bonds is 2. The van der Waals surface area contributed by atoms with Gasteiger partial charge in [0.15, 0.2) is 0 Å². The maximum absolute atomic E-state index is 11.9. The first-order chi connectivity index (χ1) is 6.41. The molecule has 0 aromatic carbocycles. The highest BCUT2D eigenvalue weighted by Gasteiger charge is 2.38. The molecule has 1 rings (SSSR count). The van der Waals surface area contributed by atoms with Crippen LogP contribution in [0.3, 0.4) is 0 Å². The minimum absolute atomic E-state index is 0.231. The lowest BCUT2D eigenvalue weighted by Gasteiger charge is -2.05. The standard InChI is InChI=1S/C8H5BrF3NO/c9-7-5(2-1-3-13-7)4-6(14)8(10,11)12/h1-3H,4H2. The van der Waals surface area contributed by atoms with Gasteiger partial charge in [-0.25, -0.2) is 4.98 Å². The van der Waals surface area contributed by atoms with Crippen LogP contribution in [0.15, 0.2) is 22.9 Å². The zero-order valence-corrected chi connectivity index (χ0v) is 8.39. The summed E-state index contributed by atoms with van der Waals surface area (Å²) in [6.07, 6.45) is -4.04. The molecule has 1 heterocycles. The van der Waals surface area contributed by atoms with Crippen molar-refractivity contribution in [1.82, 2.24) is 4.98 Å². The number of hydrogen-bond donors (Lipinski definition) is 0. The molecular formula is C8H5BrF3NO. The van der Waals surface area contributed by atoms with Crippen molar-refractivity contribution in [2.75, 3.05) is 0 Å². The van der Waals surface area contributed by atoms with E-state index in [2.05, 4.69) is 20.9 Å². The summed E-state index contributed by atoms with van der Waals surface area (Å²) in [4.78, 5) is 14.3. The van der Waals surface area contributed by atoms with E-state index in [1.807, 2.05) is 0 Å². The van der Waals surface area contributed by atoms with Crippen molar-refractivity contribution in [3.8, 4) is 0 Å². The number of ketones is 1. The molecular weight excluding hydrogens is 263 g/mol. The van der Waals surface area contributed by atoms with Gasteiger partial charge in [-0.15, -0.1) is 0 Å². The molecule has 1 aromatic heterocycles. The predicted octanol–water partition coefficient (Wildman–Crippen LogP) is 2.52. The molecule has 0 radical (unpaired) electrons. The fourth-order valence-electron chi connectivity index (χ4n) is 0.824. The van der Waals surface area contributed by atoms with E-state index in [0.717, 1.165) is 0 Å². The first kappa shape index (κ1) is 11.2. The van der Waals surface area contributed by atoms with Crippen LogP contribution in [0.25, 0.3) is 0 Å². The third-order valence-electron chi connectivity index (χ3n) is 1.50. The van der Waals surface area contributed by atoms with Gasteiger partial charge in [-0.3, -0.25) is 4.79 Å². The van der Waals surface area contributed by atoms with Crippen LogP contribution in [0.2, 0.25) is 0 Å². The van der Waals surface area contributed by atoms with Gasteiger partial charge in [-0.1, -0.05) is 6.07 Å². The number of aromatic nitrogens is 1. The third-order valence-corrected chi connectivity index (χ3v) is 2.22. The fraction of sp³-hybridized carbons (Fsp3) is 0.250. The molecule has 0 saturated heterocycles. The maximum Gasteiger partial charge on any atom is 0.450 e. The minimum Gasteiger partial charge on any atom is -0.289 e. The summed E-state index contributed by atoms with van der Waals surface area (Å²) in [7, 11) is 0. The molecule has 0 bridgehead atoms. The molecule has 14 heavy (non-hydrogen) atoms. The number of carbonyl (C=O) groups excluding carboxylic acids is 1. The number of halogens is 4. The summed E-state index contributed by atoms with van der Waals surface area (Å²) in [6, 6.07) is 2.89. The summed E-state index contributed by atoms with van der Waals surface area (Å²) < 4.78 is 35.9. The molecule has 2 nitrogen and oxygen atoms in total. The van der Waals surface area contributed by atoms with E-state index in [4.69, 9.17) is 0 Å². The lowest BCUT2D eigenvalue weighted by molar-refractivity contribution is -0.170. The summed E-state index contributed by atoms with van der Waals surface area (Å²) >= 11 is 2.96. The number of carbonyl (C=O) groups is 1. The number of pyridine rings is 1. The number of alkyl halides is 3. The Hall–Kier alpha value is -0.910. The van der Waals surface area contributed by atoms with Crippen molar-refractivity contribution in [3.05, 3.63) is 28.5 Å². The normalized spacial score (nSPS) is 11.4. The molecule has 0 amide bonds. The van der Waals surface area contributed by atoms with Gasteiger partial charge in [0, 0.05) is 12.6 Å². The Kier molecular flexibility index (Phi) is 3.25. The van der Waals surface area contributed by atoms with Gasteiger partial charge in [0.25, 0.3) is 0 Å². The summed E-state index contributed by atoms with van der Waals surface area (Å²) in [5.41, 5.74) is 0.231. The van der Waals surface area contributed by atoms with E-state index in [0.29, 0.717) is 0 Å². The fourth-order valence-corrected chi connectivity index (χ4v) is 1.21. The van der Waals surface area contributed by atoms with Crippen molar-refractivity contribution in [2.45, 2.75) is 12.6 Å². The number of hydrogen-bond acceptors (Lipinski definition) is 2. The molecule has 0 fully saturated rings. The van der Waals surface area contributed by atoms with Crippen molar-refractivity contribution in [1.29, 1.82) is 0 Å². The van der Waals surface area contributed by atoms with Crippen molar-refractivity contribution in [2.24, 2.45) is 0 Å². The van der Waals surface area contributed by atoms with Crippen LogP contribution in [0.1, 0.15) is 5.56 Å². The molecule has 0 atom stereocenters. The van der Waals surface area contributed by atoms with Crippen molar-refractivity contribution >= 4 is 21.7 Å². The maximum atomic E-state index is 11.9. The summed E-state index contributed by atoms with van der Waals surface area (Å²) in [6.45, 7) is 0. The quantitative estimate of drug-likeness (QED) is 0.771. The topological polar surface area (TPSA) is 30.0 Å². The van der Waals surface area contributed by atoms with Gasteiger partial charge >= 0.3 is 6.18 Å². The molecule has 0 unspecified atom stereocenters. The third kappa shape index (κ3) is 2.80. The zero-order chi connectivity index (χ0) is 10.8. The van der Waals surface area contributed by atoms with Crippen molar-refractivity contribution in [3.63, 3.8) is 0 Å². The van der Waals surface area contributed by atoms with Gasteiger partial charge in [-0.05, 0) is 27.6 Å². The molecule has 0 aliphatic heterocycles. The molecule has 1 aromatic rings. The molecule has 6 heteroatoms. The number of Topliss-reactive ketones (excluding diaryl/α,β-unsaturated/α-hetero) is 1. The van der Waals surface area contributed by atoms with Crippen LogP contribution in [-0.4, -0.2) is 16.9 Å². The summed E-state index contributed by atoms with van der Waals surface area (Å²) in [5.74, 6) is -1.77. The lowest BCUT2D eigenvalue weighted by Crippen LogP contribution is -2.24. The molecule has 0 saturated carbocycles. The van der Waals surface area contributed by atoms with E-state index in [1.165, 1.54) is 18.3 Å². The van der Waals surface area contributed by atoms with Crippen LogP contribution >= 0.6 is 15.9 Å². The molecule has 0 aliphatic carbocycles. The number of nitrogens with zero attached hydrogens (tertiary/aromatic N) is 1. The van der Waals surface area contributed by atoms with Gasteiger partial charge < -0.3 is 0 Å². The van der Waals surface area contributed by atoms with Gasteiger partial charge in [0.2, 0.25) is 5.78 Å².